The van der Waals surface area contributed by atoms with Crippen molar-refractivity contribution < 1.29 is 14.3 Å². The van der Waals surface area contributed by atoms with Gasteiger partial charge in [-0.25, -0.2) is 4.79 Å². The van der Waals surface area contributed by atoms with Gasteiger partial charge in [0.2, 0.25) is 0 Å². The normalized spacial score (nSPS) is 10.4. The molecular formula is C13H16O3. The molecule has 0 saturated heterocycles. The molecule has 86 valence electrons. The molecule has 0 aliphatic rings. The van der Waals surface area contributed by atoms with E-state index in [9.17, 15) is 4.79 Å². The van der Waals surface area contributed by atoms with E-state index < -0.39 is 0 Å². The molecule has 0 unspecified atom stereocenters. The standard InChI is InChI=1S/C13H16O3/c1-4-16-13(14)8-6-11-5-7-12(15-3)9-10(11)2/h5-9H,4H2,1-3H3/b8-6+. The number of hydrogen-bond donors (Lipinski definition) is 0. The molecule has 1 aromatic carbocycles. The minimum absolute atomic E-state index is 0.322. The maximum absolute atomic E-state index is 11.1. The fraction of sp³-hybridized carbons (Fsp3) is 0.308. The predicted octanol–water partition coefficient (Wildman–Crippen LogP) is 2.58. The van der Waals surface area contributed by atoms with Gasteiger partial charge in [0.1, 0.15) is 5.75 Å². The summed E-state index contributed by atoms with van der Waals surface area (Å²) in [5, 5.41) is 0. The monoisotopic (exact) mass is 220 g/mol. The lowest BCUT2D eigenvalue weighted by atomic mass is 10.1. The van der Waals surface area contributed by atoms with Crippen molar-refractivity contribution in [3.63, 3.8) is 0 Å². The summed E-state index contributed by atoms with van der Waals surface area (Å²) in [6.07, 6.45) is 3.17. The Hall–Kier alpha value is -1.77. The number of carbonyl (C=O) groups is 1. The third kappa shape index (κ3) is 3.42. The first-order chi connectivity index (χ1) is 7.67. The third-order valence-corrected chi connectivity index (χ3v) is 2.16. The number of benzene rings is 1. The lowest BCUT2D eigenvalue weighted by Gasteiger charge is -2.04. The number of hydrogen-bond acceptors (Lipinski definition) is 3. The van der Waals surface area contributed by atoms with Crippen molar-refractivity contribution in [1.29, 1.82) is 0 Å². The van der Waals surface area contributed by atoms with Crippen molar-refractivity contribution in [1.82, 2.24) is 0 Å². The van der Waals surface area contributed by atoms with Gasteiger partial charge in [-0.1, -0.05) is 6.07 Å². The topological polar surface area (TPSA) is 35.5 Å². The second-order valence-electron chi connectivity index (χ2n) is 3.31. The average Bonchev–Trinajstić information content (AvgIpc) is 2.27. The molecule has 16 heavy (non-hydrogen) atoms. The summed E-state index contributed by atoms with van der Waals surface area (Å²) >= 11 is 0. The molecule has 0 aromatic heterocycles. The highest BCUT2D eigenvalue weighted by molar-refractivity contribution is 5.87. The Morgan fingerprint density at radius 2 is 2.19 bits per heavy atom. The lowest BCUT2D eigenvalue weighted by Crippen LogP contribution is -1.98. The molecule has 0 N–H and O–H groups in total. The van der Waals surface area contributed by atoms with Gasteiger partial charge in [0, 0.05) is 6.08 Å². The molecule has 0 radical (unpaired) electrons. The van der Waals surface area contributed by atoms with E-state index in [2.05, 4.69) is 0 Å². The molecule has 0 amide bonds. The summed E-state index contributed by atoms with van der Waals surface area (Å²) < 4.78 is 9.90. The molecule has 1 rings (SSSR count). The Morgan fingerprint density at radius 1 is 1.44 bits per heavy atom. The van der Waals surface area contributed by atoms with Crippen LogP contribution < -0.4 is 4.74 Å². The molecule has 3 nitrogen and oxygen atoms in total. The molecule has 0 fully saturated rings. The van der Waals surface area contributed by atoms with Crippen molar-refractivity contribution in [2.45, 2.75) is 13.8 Å². The van der Waals surface area contributed by atoms with Crippen LogP contribution in [-0.4, -0.2) is 19.7 Å². The summed E-state index contributed by atoms with van der Waals surface area (Å²) in [5.41, 5.74) is 2.04. The molecule has 0 heterocycles. The van der Waals surface area contributed by atoms with Gasteiger partial charge < -0.3 is 9.47 Å². The van der Waals surface area contributed by atoms with E-state index >= 15 is 0 Å². The summed E-state index contributed by atoms with van der Waals surface area (Å²) in [6.45, 7) is 4.14. The number of ether oxygens (including phenoxy) is 2. The summed E-state index contributed by atoms with van der Waals surface area (Å²) in [5.74, 6) is 0.489. The Bertz CT molecular complexity index is 394. The number of carbonyl (C=O) groups excluding carboxylic acids is 1. The van der Waals surface area contributed by atoms with E-state index in [1.807, 2.05) is 25.1 Å². The van der Waals surface area contributed by atoms with Gasteiger partial charge in [0.15, 0.2) is 0 Å². The van der Waals surface area contributed by atoms with Crippen LogP contribution in [0.25, 0.3) is 6.08 Å². The van der Waals surface area contributed by atoms with Crippen molar-refractivity contribution >= 4 is 12.0 Å². The van der Waals surface area contributed by atoms with Gasteiger partial charge in [-0.2, -0.15) is 0 Å². The lowest BCUT2D eigenvalue weighted by molar-refractivity contribution is -0.137. The Kier molecular flexibility index (Phi) is 4.58. The smallest absolute Gasteiger partial charge is 0.330 e. The highest BCUT2D eigenvalue weighted by atomic mass is 16.5. The Morgan fingerprint density at radius 3 is 2.75 bits per heavy atom. The largest absolute Gasteiger partial charge is 0.497 e. The van der Waals surface area contributed by atoms with E-state index in [4.69, 9.17) is 9.47 Å². The van der Waals surface area contributed by atoms with Gasteiger partial charge in [-0.3, -0.25) is 0 Å². The molecule has 3 heteroatoms. The van der Waals surface area contributed by atoms with E-state index in [0.717, 1.165) is 16.9 Å². The highest BCUT2D eigenvalue weighted by Gasteiger charge is 1.98. The second-order valence-corrected chi connectivity index (χ2v) is 3.31. The fourth-order valence-corrected chi connectivity index (χ4v) is 1.31. The highest BCUT2D eigenvalue weighted by Crippen LogP contribution is 2.17. The molecule has 0 aliphatic carbocycles. The summed E-state index contributed by atoms with van der Waals surface area (Å²) in [4.78, 5) is 11.1. The van der Waals surface area contributed by atoms with Crippen molar-refractivity contribution in [3.05, 3.63) is 35.4 Å². The van der Waals surface area contributed by atoms with E-state index in [1.165, 1.54) is 6.08 Å². The fourth-order valence-electron chi connectivity index (χ4n) is 1.31. The van der Waals surface area contributed by atoms with Crippen LogP contribution >= 0.6 is 0 Å². The maximum Gasteiger partial charge on any atom is 0.330 e. The average molecular weight is 220 g/mol. The van der Waals surface area contributed by atoms with Crippen LogP contribution in [0.2, 0.25) is 0 Å². The number of aryl methyl sites for hydroxylation is 1. The van der Waals surface area contributed by atoms with E-state index in [0.29, 0.717) is 6.61 Å². The Balaban J connectivity index is 2.78. The van der Waals surface area contributed by atoms with Crippen LogP contribution in [0.5, 0.6) is 5.75 Å². The molecular weight excluding hydrogens is 204 g/mol. The van der Waals surface area contributed by atoms with E-state index in [1.54, 1.807) is 20.1 Å². The van der Waals surface area contributed by atoms with Crippen LogP contribution in [0.15, 0.2) is 24.3 Å². The van der Waals surface area contributed by atoms with Crippen molar-refractivity contribution in [3.8, 4) is 5.75 Å². The van der Waals surface area contributed by atoms with Gasteiger partial charge in [-0.05, 0) is 43.2 Å². The molecule has 0 bridgehead atoms. The SMILES string of the molecule is CCOC(=O)/C=C/c1ccc(OC)cc1C. The van der Waals surface area contributed by atoms with Crippen LogP contribution in [0.3, 0.4) is 0 Å². The first-order valence-electron chi connectivity index (χ1n) is 5.17. The second kappa shape index (κ2) is 5.95. The van der Waals surface area contributed by atoms with Gasteiger partial charge in [0.25, 0.3) is 0 Å². The quantitative estimate of drug-likeness (QED) is 0.578. The zero-order chi connectivity index (χ0) is 12.0. The summed E-state index contributed by atoms with van der Waals surface area (Å²) in [6, 6.07) is 5.69. The maximum atomic E-state index is 11.1. The Labute approximate surface area is 95.7 Å². The number of esters is 1. The first-order valence-corrected chi connectivity index (χ1v) is 5.17. The predicted molar refractivity (Wildman–Crippen MR) is 63.4 cm³/mol. The molecule has 0 saturated carbocycles. The zero-order valence-corrected chi connectivity index (χ0v) is 9.82. The molecule has 0 atom stereocenters. The third-order valence-electron chi connectivity index (χ3n) is 2.16. The van der Waals surface area contributed by atoms with Gasteiger partial charge in [0.05, 0.1) is 13.7 Å². The molecule has 0 spiro atoms. The number of methoxy groups -OCH3 is 1. The van der Waals surface area contributed by atoms with Crippen molar-refractivity contribution in [2.75, 3.05) is 13.7 Å². The minimum Gasteiger partial charge on any atom is -0.497 e. The summed E-state index contributed by atoms with van der Waals surface area (Å²) in [7, 11) is 1.63. The van der Waals surface area contributed by atoms with Crippen molar-refractivity contribution in [2.24, 2.45) is 0 Å². The van der Waals surface area contributed by atoms with Crippen LogP contribution in [0.4, 0.5) is 0 Å². The molecule has 1 aromatic rings. The van der Waals surface area contributed by atoms with Crippen LogP contribution in [-0.2, 0) is 9.53 Å². The minimum atomic E-state index is -0.322. The first kappa shape index (κ1) is 12.3. The van der Waals surface area contributed by atoms with Crippen LogP contribution in [0, 0.1) is 6.92 Å². The van der Waals surface area contributed by atoms with E-state index in [-0.39, 0.29) is 5.97 Å². The zero-order valence-electron chi connectivity index (χ0n) is 9.82. The molecule has 0 aliphatic heterocycles. The van der Waals surface area contributed by atoms with Gasteiger partial charge in [-0.15, -0.1) is 0 Å². The van der Waals surface area contributed by atoms with Gasteiger partial charge >= 0.3 is 5.97 Å². The number of rotatable bonds is 4. The van der Waals surface area contributed by atoms with Crippen LogP contribution in [0.1, 0.15) is 18.1 Å².